The summed E-state index contributed by atoms with van der Waals surface area (Å²) in [5.41, 5.74) is 11.8. The van der Waals surface area contributed by atoms with Crippen LogP contribution in [0.3, 0.4) is 0 Å². The van der Waals surface area contributed by atoms with Gasteiger partial charge in [0.05, 0.1) is 62.7 Å². The Bertz CT molecular complexity index is 2830. The summed E-state index contributed by atoms with van der Waals surface area (Å²) in [5, 5.41) is 33.6. The number of hydrogen-bond acceptors (Lipinski definition) is 3. The van der Waals surface area contributed by atoms with Gasteiger partial charge in [-0.25, -0.2) is 0 Å². The molecule has 0 saturated carbocycles. The summed E-state index contributed by atoms with van der Waals surface area (Å²) in [5.74, 6) is 0. The van der Waals surface area contributed by atoms with Gasteiger partial charge in [-0.05, 0) is 89.5 Å². The maximum atomic E-state index is 10.0. The molecule has 5 heteroatoms. The molecule has 0 fully saturated rings. The van der Waals surface area contributed by atoms with Gasteiger partial charge in [0.1, 0.15) is 0 Å². The topological polar surface area (TPSA) is 81.2 Å². The molecule has 0 aliphatic carbocycles. The van der Waals surface area contributed by atoms with Gasteiger partial charge in [-0.1, -0.05) is 78.9 Å². The maximum Gasteiger partial charge on any atom is 0.0992 e. The van der Waals surface area contributed by atoms with E-state index in [0.29, 0.717) is 16.7 Å². The third kappa shape index (κ3) is 4.38. The molecule has 9 aromatic rings. The smallest absolute Gasteiger partial charge is 0.0992 e. The molecule has 50 heavy (non-hydrogen) atoms. The van der Waals surface area contributed by atoms with Gasteiger partial charge < -0.3 is 9.13 Å². The second-order valence-corrected chi connectivity index (χ2v) is 12.3. The number of para-hydroxylation sites is 2. The summed E-state index contributed by atoms with van der Waals surface area (Å²) in [6.45, 7) is 0. The summed E-state index contributed by atoms with van der Waals surface area (Å²) in [6.07, 6.45) is 0. The van der Waals surface area contributed by atoms with E-state index in [1.54, 1.807) is 0 Å². The molecule has 0 radical (unpaired) electrons. The first kappa shape index (κ1) is 28.8. The Morgan fingerprint density at radius 2 is 0.840 bits per heavy atom. The lowest BCUT2D eigenvalue weighted by atomic mass is 9.92. The predicted molar refractivity (Wildman–Crippen MR) is 200 cm³/mol. The normalized spacial score (nSPS) is 11.1. The molecular formula is C45H25N5. The molecule has 0 bridgehead atoms. The Kier molecular flexibility index (Phi) is 6.56. The van der Waals surface area contributed by atoms with E-state index in [2.05, 4.69) is 118 Å². The van der Waals surface area contributed by atoms with Crippen LogP contribution in [-0.4, -0.2) is 9.13 Å². The van der Waals surface area contributed by atoms with Crippen LogP contribution in [0.5, 0.6) is 0 Å². The molecule has 0 aliphatic heterocycles. The second-order valence-electron chi connectivity index (χ2n) is 12.3. The van der Waals surface area contributed by atoms with Crippen molar-refractivity contribution in [2.24, 2.45) is 0 Å². The van der Waals surface area contributed by atoms with Crippen molar-refractivity contribution < 1.29 is 0 Å². The van der Waals surface area contributed by atoms with E-state index in [1.807, 2.05) is 60.7 Å². The fourth-order valence-corrected chi connectivity index (χ4v) is 7.40. The average Bonchev–Trinajstić information content (AvgIpc) is 3.69. The van der Waals surface area contributed by atoms with E-state index in [0.717, 1.165) is 55.4 Å². The largest absolute Gasteiger partial charge is 0.309 e. The van der Waals surface area contributed by atoms with Crippen molar-refractivity contribution in [3.8, 4) is 51.8 Å². The monoisotopic (exact) mass is 635 g/mol. The molecule has 230 valence electrons. The zero-order chi connectivity index (χ0) is 33.8. The van der Waals surface area contributed by atoms with E-state index >= 15 is 0 Å². The minimum Gasteiger partial charge on any atom is -0.309 e. The van der Waals surface area contributed by atoms with E-state index in [9.17, 15) is 15.8 Å². The SMILES string of the molecule is N#Cc1ccc(-c2ccccc2-c2ccc(-n3c4ccccc4c4ccccc43)cc2)c(-n2c3ccc(C#N)cc3c3cc(C#N)ccc32)c1. The highest BCUT2D eigenvalue weighted by Crippen LogP contribution is 2.41. The number of aromatic nitrogens is 2. The highest BCUT2D eigenvalue weighted by molar-refractivity contribution is 6.11. The molecule has 0 spiro atoms. The first-order valence-corrected chi connectivity index (χ1v) is 16.3. The molecular weight excluding hydrogens is 611 g/mol. The van der Waals surface area contributed by atoms with Crippen LogP contribution < -0.4 is 0 Å². The van der Waals surface area contributed by atoms with Gasteiger partial charge in [-0.2, -0.15) is 15.8 Å². The highest BCUT2D eigenvalue weighted by Gasteiger charge is 2.20. The van der Waals surface area contributed by atoms with E-state index < -0.39 is 0 Å². The van der Waals surface area contributed by atoms with Gasteiger partial charge in [0.25, 0.3) is 0 Å². The molecule has 2 heterocycles. The van der Waals surface area contributed by atoms with E-state index in [-0.39, 0.29) is 0 Å². The molecule has 7 aromatic carbocycles. The first-order chi connectivity index (χ1) is 24.7. The predicted octanol–water partition coefficient (Wildman–Crippen LogP) is 10.8. The Morgan fingerprint density at radius 1 is 0.360 bits per heavy atom. The van der Waals surface area contributed by atoms with Crippen LogP contribution >= 0.6 is 0 Å². The Labute approximate surface area is 287 Å². The molecule has 0 unspecified atom stereocenters. The van der Waals surface area contributed by atoms with Gasteiger partial charge in [0.15, 0.2) is 0 Å². The van der Waals surface area contributed by atoms with Crippen LogP contribution in [-0.2, 0) is 0 Å². The van der Waals surface area contributed by atoms with Crippen molar-refractivity contribution in [3.63, 3.8) is 0 Å². The first-order valence-electron chi connectivity index (χ1n) is 16.3. The van der Waals surface area contributed by atoms with Crippen molar-refractivity contribution in [2.75, 3.05) is 0 Å². The molecule has 0 saturated heterocycles. The Morgan fingerprint density at radius 3 is 1.42 bits per heavy atom. The number of nitriles is 3. The molecule has 2 aromatic heterocycles. The third-order valence-corrected chi connectivity index (χ3v) is 9.62. The zero-order valence-corrected chi connectivity index (χ0v) is 26.7. The third-order valence-electron chi connectivity index (χ3n) is 9.62. The Balaban J connectivity index is 1.24. The van der Waals surface area contributed by atoms with Crippen molar-refractivity contribution in [1.29, 1.82) is 15.8 Å². The lowest BCUT2D eigenvalue weighted by molar-refractivity contribution is 1.18. The van der Waals surface area contributed by atoms with Crippen molar-refractivity contribution >= 4 is 43.6 Å². The molecule has 0 aliphatic rings. The number of benzene rings is 7. The molecule has 0 atom stereocenters. The molecule has 0 amide bonds. The minimum atomic E-state index is 0.536. The number of rotatable bonds is 4. The summed E-state index contributed by atoms with van der Waals surface area (Å²) < 4.78 is 4.46. The number of fused-ring (bicyclic) bond motifs is 6. The fraction of sp³-hybridized carbons (Fsp3) is 0. The maximum absolute atomic E-state index is 10.0. The van der Waals surface area contributed by atoms with Crippen molar-refractivity contribution in [2.45, 2.75) is 0 Å². The zero-order valence-electron chi connectivity index (χ0n) is 26.7. The summed E-state index contributed by atoms with van der Waals surface area (Å²) in [6, 6.07) is 58.0. The quantitative estimate of drug-likeness (QED) is 0.193. The van der Waals surface area contributed by atoms with Gasteiger partial charge in [-0.3, -0.25) is 0 Å². The second kappa shape index (κ2) is 11.4. The summed E-state index contributed by atoms with van der Waals surface area (Å²) in [4.78, 5) is 0. The van der Waals surface area contributed by atoms with Gasteiger partial charge in [0, 0.05) is 32.8 Å². The minimum absolute atomic E-state index is 0.536. The van der Waals surface area contributed by atoms with Gasteiger partial charge >= 0.3 is 0 Å². The van der Waals surface area contributed by atoms with Gasteiger partial charge in [0.2, 0.25) is 0 Å². The van der Waals surface area contributed by atoms with E-state index in [4.69, 9.17) is 0 Å². The van der Waals surface area contributed by atoms with Crippen LogP contribution in [0, 0.1) is 34.0 Å². The highest BCUT2D eigenvalue weighted by atomic mass is 15.0. The lowest BCUT2D eigenvalue weighted by Gasteiger charge is -2.18. The fourth-order valence-electron chi connectivity index (χ4n) is 7.40. The van der Waals surface area contributed by atoms with Crippen LogP contribution in [0.15, 0.2) is 152 Å². The number of hydrogen-bond donors (Lipinski definition) is 0. The van der Waals surface area contributed by atoms with Crippen LogP contribution in [0.1, 0.15) is 16.7 Å². The van der Waals surface area contributed by atoms with Crippen LogP contribution in [0.2, 0.25) is 0 Å². The van der Waals surface area contributed by atoms with Gasteiger partial charge in [-0.15, -0.1) is 0 Å². The van der Waals surface area contributed by atoms with Crippen molar-refractivity contribution in [3.05, 3.63) is 168 Å². The molecule has 0 N–H and O–H groups in total. The van der Waals surface area contributed by atoms with E-state index in [1.165, 1.54) is 21.8 Å². The summed E-state index contributed by atoms with van der Waals surface area (Å²) in [7, 11) is 0. The number of nitrogens with zero attached hydrogens (tertiary/aromatic N) is 5. The summed E-state index contributed by atoms with van der Waals surface area (Å²) >= 11 is 0. The molecule has 9 rings (SSSR count). The average molecular weight is 636 g/mol. The molecule has 5 nitrogen and oxygen atoms in total. The lowest BCUT2D eigenvalue weighted by Crippen LogP contribution is -1.99. The van der Waals surface area contributed by atoms with Crippen LogP contribution in [0.25, 0.3) is 77.2 Å². The van der Waals surface area contributed by atoms with Crippen molar-refractivity contribution in [1.82, 2.24) is 9.13 Å². The van der Waals surface area contributed by atoms with Crippen LogP contribution in [0.4, 0.5) is 0 Å². The standard InChI is InChI=1S/C45H25N5/c46-26-29-14-21-43-39(23-29)40-24-30(27-47)15-22-44(40)50(43)45-25-31(28-48)13-20-38(45)35-8-2-1-7-34(35)32-16-18-33(19-17-32)49-41-11-5-3-9-36(41)37-10-4-6-12-42(37)49/h1-25H. The Hall–Kier alpha value is -7.39.